The highest BCUT2D eigenvalue weighted by molar-refractivity contribution is 5.78. The number of amides is 1. The van der Waals surface area contributed by atoms with Crippen LogP contribution in [-0.4, -0.2) is 28.6 Å². The summed E-state index contributed by atoms with van der Waals surface area (Å²) in [5, 5.41) is 12.1. The van der Waals surface area contributed by atoms with E-state index in [1.165, 1.54) is 6.26 Å². The molecule has 0 fully saturated rings. The monoisotopic (exact) mass is 316 g/mol. The Hall–Kier alpha value is -2.14. The van der Waals surface area contributed by atoms with Crippen LogP contribution in [0.1, 0.15) is 32.9 Å². The molecule has 0 spiro atoms. The maximum atomic E-state index is 12.2. The number of aliphatic hydroxyl groups excluding tert-OH is 1. The van der Waals surface area contributed by atoms with Gasteiger partial charge in [-0.25, -0.2) is 4.98 Å². The van der Waals surface area contributed by atoms with Gasteiger partial charge in [0, 0.05) is 18.2 Å². The van der Waals surface area contributed by atoms with Crippen molar-refractivity contribution in [1.82, 2.24) is 10.3 Å². The fourth-order valence-electron chi connectivity index (χ4n) is 2.36. The summed E-state index contributed by atoms with van der Waals surface area (Å²) in [4.78, 5) is 16.6. The maximum Gasteiger partial charge on any atom is 0.226 e. The van der Waals surface area contributed by atoms with Crippen molar-refractivity contribution in [2.45, 2.75) is 39.7 Å². The third-order valence-electron chi connectivity index (χ3n) is 3.71. The highest BCUT2D eigenvalue weighted by atomic mass is 16.3. The molecule has 1 atom stereocenters. The van der Waals surface area contributed by atoms with Gasteiger partial charge in [0.15, 0.2) is 0 Å². The SMILES string of the molecule is CC(C)(C)C(CCO)NC(=O)Cc1coc(-c2ccccc2)n1. The predicted octanol–water partition coefficient (Wildman–Crippen LogP) is 2.80. The lowest BCUT2D eigenvalue weighted by molar-refractivity contribution is -0.122. The van der Waals surface area contributed by atoms with Gasteiger partial charge in [0.1, 0.15) is 6.26 Å². The lowest BCUT2D eigenvalue weighted by atomic mass is 9.85. The van der Waals surface area contributed by atoms with Crippen LogP contribution >= 0.6 is 0 Å². The molecule has 23 heavy (non-hydrogen) atoms. The summed E-state index contributed by atoms with van der Waals surface area (Å²) in [7, 11) is 0. The lowest BCUT2D eigenvalue weighted by Crippen LogP contribution is -2.44. The molecule has 0 aliphatic rings. The first-order valence-electron chi connectivity index (χ1n) is 7.80. The number of aliphatic hydroxyl groups is 1. The number of hydrogen-bond donors (Lipinski definition) is 2. The molecule has 1 amide bonds. The molecule has 0 aliphatic carbocycles. The molecule has 0 bridgehead atoms. The zero-order chi connectivity index (χ0) is 16.9. The van der Waals surface area contributed by atoms with Crippen molar-refractivity contribution in [2.75, 3.05) is 6.61 Å². The van der Waals surface area contributed by atoms with Crippen LogP contribution < -0.4 is 5.32 Å². The Morgan fingerprint density at radius 2 is 2.00 bits per heavy atom. The first kappa shape index (κ1) is 17.2. The van der Waals surface area contributed by atoms with E-state index < -0.39 is 0 Å². The number of nitrogens with zero attached hydrogens (tertiary/aromatic N) is 1. The zero-order valence-corrected chi connectivity index (χ0v) is 13.9. The molecule has 0 aliphatic heterocycles. The number of carbonyl (C=O) groups excluding carboxylic acids is 1. The molecule has 1 heterocycles. The van der Waals surface area contributed by atoms with E-state index in [0.29, 0.717) is 18.0 Å². The first-order chi connectivity index (χ1) is 10.9. The van der Waals surface area contributed by atoms with E-state index in [9.17, 15) is 4.79 Å². The Labute approximate surface area is 136 Å². The Bertz CT molecular complexity index is 629. The van der Waals surface area contributed by atoms with Gasteiger partial charge >= 0.3 is 0 Å². The summed E-state index contributed by atoms with van der Waals surface area (Å²) >= 11 is 0. The second-order valence-electron chi connectivity index (χ2n) is 6.69. The summed E-state index contributed by atoms with van der Waals surface area (Å²) < 4.78 is 5.44. The summed E-state index contributed by atoms with van der Waals surface area (Å²) in [6.45, 7) is 6.16. The number of rotatable bonds is 6. The second kappa shape index (κ2) is 7.42. The van der Waals surface area contributed by atoms with Gasteiger partial charge in [0.2, 0.25) is 11.8 Å². The van der Waals surface area contributed by atoms with Crippen LogP contribution in [0.25, 0.3) is 11.5 Å². The molecule has 5 heteroatoms. The van der Waals surface area contributed by atoms with Crippen LogP contribution in [0.3, 0.4) is 0 Å². The normalized spacial score (nSPS) is 12.9. The van der Waals surface area contributed by atoms with Gasteiger partial charge in [-0.05, 0) is 24.0 Å². The summed E-state index contributed by atoms with van der Waals surface area (Å²) in [6, 6.07) is 9.48. The first-order valence-corrected chi connectivity index (χ1v) is 7.80. The Kier molecular flexibility index (Phi) is 5.55. The van der Waals surface area contributed by atoms with Gasteiger partial charge < -0.3 is 14.8 Å². The van der Waals surface area contributed by atoms with Crippen LogP contribution in [0.15, 0.2) is 41.0 Å². The third kappa shape index (κ3) is 4.93. The molecule has 0 radical (unpaired) electrons. The van der Waals surface area contributed by atoms with Crippen molar-refractivity contribution in [3.63, 3.8) is 0 Å². The second-order valence-corrected chi connectivity index (χ2v) is 6.69. The summed E-state index contributed by atoms with van der Waals surface area (Å²) in [6.07, 6.45) is 2.21. The summed E-state index contributed by atoms with van der Waals surface area (Å²) in [5.74, 6) is 0.391. The standard InChI is InChI=1S/C18H24N2O3/c1-18(2,3)15(9-10-21)20-16(22)11-14-12-23-17(19-14)13-7-5-4-6-8-13/h4-8,12,15,21H,9-11H2,1-3H3,(H,20,22). The van der Waals surface area contributed by atoms with E-state index >= 15 is 0 Å². The Balaban J connectivity index is 1.99. The number of hydrogen-bond acceptors (Lipinski definition) is 4. The smallest absolute Gasteiger partial charge is 0.226 e. The fraction of sp³-hybridized carbons (Fsp3) is 0.444. The molecular formula is C18H24N2O3. The van der Waals surface area contributed by atoms with Crippen molar-refractivity contribution < 1.29 is 14.3 Å². The minimum absolute atomic E-state index is 0.0460. The Morgan fingerprint density at radius 1 is 1.30 bits per heavy atom. The van der Waals surface area contributed by atoms with Gasteiger partial charge in [0.25, 0.3) is 0 Å². The van der Waals surface area contributed by atoms with Gasteiger partial charge in [0.05, 0.1) is 12.1 Å². The molecule has 2 rings (SSSR count). The molecule has 1 aromatic heterocycles. The van der Waals surface area contributed by atoms with Gasteiger partial charge in [-0.15, -0.1) is 0 Å². The van der Waals surface area contributed by atoms with Crippen LogP contribution in [0, 0.1) is 5.41 Å². The molecule has 124 valence electrons. The predicted molar refractivity (Wildman–Crippen MR) is 88.7 cm³/mol. The van der Waals surface area contributed by atoms with Crippen LogP contribution in [-0.2, 0) is 11.2 Å². The molecule has 1 aromatic carbocycles. The van der Waals surface area contributed by atoms with Crippen molar-refractivity contribution in [2.24, 2.45) is 5.41 Å². The van der Waals surface area contributed by atoms with Gasteiger partial charge in [-0.2, -0.15) is 0 Å². The maximum absolute atomic E-state index is 12.2. The van der Waals surface area contributed by atoms with Crippen molar-refractivity contribution in [3.05, 3.63) is 42.3 Å². The Morgan fingerprint density at radius 3 is 2.61 bits per heavy atom. The largest absolute Gasteiger partial charge is 0.444 e. The summed E-state index contributed by atoms with van der Waals surface area (Å²) in [5.41, 5.74) is 1.36. The van der Waals surface area contributed by atoms with Gasteiger partial charge in [-0.3, -0.25) is 4.79 Å². The molecular weight excluding hydrogens is 292 g/mol. The van der Waals surface area contributed by atoms with Gasteiger partial charge in [-0.1, -0.05) is 39.0 Å². The average molecular weight is 316 g/mol. The van der Waals surface area contributed by atoms with Crippen LogP contribution in [0.5, 0.6) is 0 Å². The van der Waals surface area contributed by atoms with E-state index in [2.05, 4.69) is 10.3 Å². The van der Waals surface area contributed by atoms with Crippen molar-refractivity contribution in [1.29, 1.82) is 0 Å². The number of benzene rings is 1. The highest BCUT2D eigenvalue weighted by Crippen LogP contribution is 2.22. The zero-order valence-electron chi connectivity index (χ0n) is 13.9. The molecule has 1 unspecified atom stereocenters. The number of nitrogens with one attached hydrogen (secondary N) is 1. The number of oxazole rings is 1. The molecule has 0 saturated heterocycles. The molecule has 5 nitrogen and oxygen atoms in total. The van der Waals surface area contributed by atoms with E-state index in [-0.39, 0.29) is 30.4 Å². The van der Waals surface area contributed by atoms with E-state index in [4.69, 9.17) is 9.52 Å². The minimum atomic E-state index is -0.119. The van der Waals surface area contributed by atoms with E-state index in [1.807, 2.05) is 51.1 Å². The lowest BCUT2D eigenvalue weighted by Gasteiger charge is -2.31. The number of aromatic nitrogens is 1. The fourth-order valence-corrected chi connectivity index (χ4v) is 2.36. The molecule has 2 aromatic rings. The van der Waals surface area contributed by atoms with E-state index in [0.717, 1.165) is 5.56 Å². The van der Waals surface area contributed by atoms with E-state index in [1.54, 1.807) is 0 Å². The third-order valence-corrected chi connectivity index (χ3v) is 3.71. The number of carbonyl (C=O) groups is 1. The quantitative estimate of drug-likeness (QED) is 0.859. The van der Waals surface area contributed by atoms with Crippen LogP contribution in [0.2, 0.25) is 0 Å². The minimum Gasteiger partial charge on any atom is -0.444 e. The molecule has 0 saturated carbocycles. The van der Waals surface area contributed by atoms with Crippen LogP contribution in [0.4, 0.5) is 0 Å². The molecule has 2 N–H and O–H groups in total. The highest BCUT2D eigenvalue weighted by Gasteiger charge is 2.26. The topological polar surface area (TPSA) is 75.4 Å². The van der Waals surface area contributed by atoms with Crippen molar-refractivity contribution >= 4 is 5.91 Å². The van der Waals surface area contributed by atoms with Crippen molar-refractivity contribution in [3.8, 4) is 11.5 Å². The average Bonchev–Trinajstić information content (AvgIpc) is 2.95.